The number of hydrogen-bond acceptors (Lipinski definition) is 5. The van der Waals surface area contributed by atoms with Crippen LogP contribution in [0.5, 0.6) is 0 Å². The maximum Gasteiger partial charge on any atom is 0.293 e. The van der Waals surface area contributed by atoms with Crippen LogP contribution in [-0.4, -0.2) is 49.9 Å². The fourth-order valence-electron chi connectivity index (χ4n) is 1.27. The van der Waals surface area contributed by atoms with Crippen molar-refractivity contribution >= 4 is 12.3 Å². The van der Waals surface area contributed by atoms with E-state index in [2.05, 4.69) is 10.1 Å². The number of ketones is 1. The number of nitrogens with one attached hydrogen (secondary N) is 1. The van der Waals surface area contributed by atoms with Crippen LogP contribution in [0.1, 0.15) is 27.2 Å². The van der Waals surface area contributed by atoms with Gasteiger partial charge in [0.1, 0.15) is 5.60 Å². The third-order valence-electron chi connectivity index (χ3n) is 2.03. The first-order valence-electron chi connectivity index (χ1n) is 5.99. The number of carbonyl (C=O) groups excluding carboxylic acids is 2. The Morgan fingerprint density at radius 2 is 1.94 bits per heavy atom. The molecule has 0 saturated carbocycles. The Bertz CT molecular complexity index is 304. The highest BCUT2D eigenvalue weighted by Gasteiger charge is 2.13. The molecule has 0 amide bonds. The van der Waals surface area contributed by atoms with E-state index < -0.39 is 0 Å². The van der Waals surface area contributed by atoms with Crippen LogP contribution in [0.25, 0.3) is 0 Å². The number of ether oxygens (including phenoxy) is 1. The molecule has 1 aliphatic heterocycles. The zero-order chi connectivity index (χ0) is 14.2. The van der Waals surface area contributed by atoms with Crippen molar-refractivity contribution in [2.75, 3.05) is 27.2 Å². The minimum absolute atomic E-state index is 0.227. The number of carbonyl (C=O) groups is 2. The number of nitrogens with zero attached hydrogens (tertiary/aromatic N) is 1. The molecule has 0 bridgehead atoms. The van der Waals surface area contributed by atoms with E-state index in [1.54, 1.807) is 0 Å². The van der Waals surface area contributed by atoms with E-state index in [1.165, 1.54) is 0 Å². The van der Waals surface area contributed by atoms with Crippen LogP contribution in [0.15, 0.2) is 11.8 Å². The highest BCUT2D eigenvalue weighted by Crippen LogP contribution is 2.06. The second kappa shape index (κ2) is 7.87. The largest absolute Gasteiger partial charge is 0.462 e. The van der Waals surface area contributed by atoms with E-state index in [0.717, 1.165) is 18.5 Å². The van der Waals surface area contributed by atoms with Gasteiger partial charge in [-0.15, -0.1) is 0 Å². The second-order valence-corrected chi connectivity index (χ2v) is 5.29. The molecule has 0 spiro atoms. The Morgan fingerprint density at radius 1 is 1.33 bits per heavy atom. The van der Waals surface area contributed by atoms with Gasteiger partial charge in [-0.1, -0.05) is 0 Å². The van der Waals surface area contributed by atoms with Crippen LogP contribution < -0.4 is 5.32 Å². The van der Waals surface area contributed by atoms with Crippen molar-refractivity contribution in [3.05, 3.63) is 11.8 Å². The maximum atomic E-state index is 11.2. The Labute approximate surface area is 109 Å². The minimum Gasteiger partial charge on any atom is -0.462 e. The average Bonchev–Trinajstić information content (AvgIpc) is 2.20. The Kier molecular flexibility index (Phi) is 7.27. The molecule has 0 unspecified atom stereocenters. The smallest absolute Gasteiger partial charge is 0.293 e. The molecule has 1 rings (SSSR count). The van der Waals surface area contributed by atoms with Gasteiger partial charge >= 0.3 is 0 Å². The van der Waals surface area contributed by atoms with E-state index in [1.807, 2.05) is 46.0 Å². The predicted octanol–water partition coefficient (Wildman–Crippen LogP) is 0.952. The van der Waals surface area contributed by atoms with E-state index in [9.17, 15) is 9.59 Å². The molecule has 5 nitrogen and oxygen atoms in total. The molecule has 5 heteroatoms. The molecule has 0 aliphatic carbocycles. The van der Waals surface area contributed by atoms with Gasteiger partial charge in [0.2, 0.25) is 0 Å². The summed E-state index contributed by atoms with van der Waals surface area (Å²) in [5, 5.41) is 3.03. The van der Waals surface area contributed by atoms with Crippen molar-refractivity contribution in [3.63, 3.8) is 0 Å². The Balaban J connectivity index is 0.000000360. The Morgan fingerprint density at radius 3 is 2.28 bits per heavy atom. The van der Waals surface area contributed by atoms with Gasteiger partial charge in [0.05, 0.1) is 6.54 Å². The molecule has 0 aromatic rings. The van der Waals surface area contributed by atoms with Gasteiger partial charge in [0.15, 0.2) is 5.78 Å². The summed E-state index contributed by atoms with van der Waals surface area (Å²) in [7, 11) is 3.87. The van der Waals surface area contributed by atoms with Gasteiger partial charge < -0.3 is 15.0 Å². The van der Waals surface area contributed by atoms with Crippen molar-refractivity contribution in [3.8, 4) is 0 Å². The molecular weight excluding hydrogens is 232 g/mol. The van der Waals surface area contributed by atoms with Crippen LogP contribution in [0.4, 0.5) is 0 Å². The summed E-state index contributed by atoms with van der Waals surface area (Å²) in [6.07, 6.45) is 2.76. The normalized spacial score (nSPS) is 17.8. The van der Waals surface area contributed by atoms with Crippen molar-refractivity contribution in [2.45, 2.75) is 32.8 Å². The van der Waals surface area contributed by atoms with Gasteiger partial charge in [0, 0.05) is 25.9 Å². The van der Waals surface area contributed by atoms with Gasteiger partial charge in [-0.05, 0) is 33.7 Å². The van der Waals surface area contributed by atoms with E-state index >= 15 is 0 Å². The van der Waals surface area contributed by atoms with E-state index in [-0.39, 0.29) is 11.4 Å². The Hall–Kier alpha value is -1.36. The lowest BCUT2D eigenvalue weighted by atomic mass is 10.1. The van der Waals surface area contributed by atoms with Crippen molar-refractivity contribution < 1.29 is 14.3 Å². The minimum atomic E-state index is -0.318. The summed E-state index contributed by atoms with van der Waals surface area (Å²) in [6, 6.07) is 0. The number of hydrogen-bond donors (Lipinski definition) is 1. The average molecular weight is 256 g/mol. The summed E-state index contributed by atoms with van der Waals surface area (Å²) >= 11 is 0. The first-order chi connectivity index (χ1) is 8.26. The quantitative estimate of drug-likeness (QED) is 0.589. The lowest BCUT2D eigenvalue weighted by molar-refractivity contribution is -0.138. The van der Waals surface area contributed by atoms with Gasteiger partial charge in [-0.3, -0.25) is 9.59 Å². The molecule has 1 saturated heterocycles. The van der Waals surface area contributed by atoms with Gasteiger partial charge in [-0.25, -0.2) is 0 Å². The fourth-order valence-corrected chi connectivity index (χ4v) is 1.27. The van der Waals surface area contributed by atoms with E-state index in [4.69, 9.17) is 0 Å². The number of piperidine rings is 1. The molecule has 0 atom stereocenters. The molecule has 0 radical (unpaired) electrons. The maximum absolute atomic E-state index is 11.2. The lowest BCUT2D eigenvalue weighted by Crippen LogP contribution is -2.32. The molecule has 1 fully saturated rings. The first kappa shape index (κ1) is 16.6. The molecular formula is C13H24N2O3. The van der Waals surface area contributed by atoms with E-state index in [0.29, 0.717) is 13.0 Å². The topological polar surface area (TPSA) is 58.6 Å². The number of Topliss-reactive ketones (excluding diaryl/α,β-unsaturated/α-hetero) is 1. The molecule has 1 heterocycles. The molecule has 0 aromatic carbocycles. The highest BCUT2D eigenvalue weighted by atomic mass is 16.5. The van der Waals surface area contributed by atoms with Crippen LogP contribution in [0.2, 0.25) is 0 Å². The van der Waals surface area contributed by atoms with Crippen LogP contribution in [-0.2, 0) is 14.3 Å². The van der Waals surface area contributed by atoms with Crippen LogP contribution in [0.3, 0.4) is 0 Å². The fraction of sp³-hybridized carbons (Fsp3) is 0.692. The summed E-state index contributed by atoms with van der Waals surface area (Å²) in [6.45, 7) is 7.34. The third kappa shape index (κ3) is 8.75. The van der Waals surface area contributed by atoms with Crippen molar-refractivity contribution in [1.82, 2.24) is 10.2 Å². The molecule has 1 N–H and O–H groups in total. The first-order valence-corrected chi connectivity index (χ1v) is 5.99. The predicted molar refractivity (Wildman–Crippen MR) is 71.2 cm³/mol. The van der Waals surface area contributed by atoms with Crippen molar-refractivity contribution in [1.29, 1.82) is 0 Å². The number of rotatable bonds is 2. The molecule has 104 valence electrons. The zero-order valence-corrected chi connectivity index (χ0v) is 11.9. The van der Waals surface area contributed by atoms with Gasteiger partial charge in [0.25, 0.3) is 6.47 Å². The van der Waals surface area contributed by atoms with Crippen LogP contribution in [0, 0.1) is 0 Å². The SMILES string of the molecule is CC(C)(C)OC=O.CN(C)C=C1CCNCC1=O. The highest BCUT2D eigenvalue weighted by molar-refractivity contribution is 5.97. The molecule has 18 heavy (non-hydrogen) atoms. The molecule has 0 aromatic heterocycles. The monoisotopic (exact) mass is 256 g/mol. The molecule has 1 aliphatic rings. The summed E-state index contributed by atoms with van der Waals surface area (Å²) < 4.78 is 4.55. The zero-order valence-electron chi connectivity index (χ0n) is 11.9. The summed E-state index contributed by atoms with van der Waals surface area (Å²) in [5.74, 6) is 0.227. The van der Waals surface area contributed by atoms with Crippen LogP contribution >= 0.6 is 0 Å². The van der Waals surface area contributed by atoms with Crippen molar-refractivity contribution in [2.24, 2.45) is 0 Å². The summed E-state index contributed by atoms with van der Waals surface area (Å²) in [5.41, 5.74) is 0.621. The van der Waals surface area contributed by atoms with Gasteiger partial charge in [-0.2, -0.15) is 0 Å². The lowest BCUT2D eigenvalue weighted by Gasteiger charge is -2.16. The second-order valence-electron chi connectivity index (χ2n) is 5.29. The standard InChI is InChI=1S/C8H14N2O.C5H10O2/c1-10(2)6-7-3-4-9-5-8(7)11;1-5(2,3)7-4-6/h6,9H,3-5H2,1-2H3;4H,1-3H3. The third-order valence-corrected chi connectivity index (χ3v) is 2.03. The summed E-state index contributed by atoms with van der Waals surface area (Å²) in [4.78, 5) is 22.7.